The number of aromatic nitrogens is 1. The SMILES string of the molecule is Cc1cc(C(=O)N[C@@H](Cc2cc(F)cc(F)c2)[C@H](O)C2CCCN2)cc(C(=O)N2CCCC2c2nc(C)cs2)c1. The fraction of sp³-hybridized carbons (Fsp3) is 0.433. The molecule has 40 heavy (non-hydrogen) atoms. The molecule has 2 aliphatic heterocycles. The van der Waals surface area contributed by atoms with Gasteiger partial charge in [0.05, 0.1) is 18.2 Å². The van der Waals surface area contributed by atoms with Crippen molar-refractivity contribution in [1.82, 2.24) is 20.5 Å². The third-order valence-electron chi connectivity index (χ3n) is 7.64. The summed E-state index contributed by atoms with van der Waals surface area (Å²) < 4.78 is 27.8. The Kier molecular flexibility index (Phi) is 8.58. The van der Waals surface area contributed by atoms with Crippen molar-refractivity contribution in [3.05, 3.63) is 86.4 Å². The number of aliphatic hydroxyl groups is 1. The molecule has 2 unspecified atom stereocenters. The van der Waals surface area contributed by atoms with Gasteiger partial charge in [0.2, 0.25) is 0 Å². The molecule has 2 aliphatic rings. The number of likely N-dealkylation sites (tertiary alicyclic amines) is 1. The molecule has 0 aliphatic carbocycles. The molecule has 2 saturated heterocycles. The van der Waals surface area contributed by atoms with E-state index < -0.39 is 29.7 Å². The second-order valence-corrected chi connectivity index (χ2v) is 11.7. The Hall–Kier alpha value is -3.21. The van der Waals surface area contributed by atoms with Crippen molar-refractivity contribution in [2.24, 2.45) is 0 Å². The van der Waals surface area contributed by atoms with E-state index in [0.717, 1.165) is 54.6 Å². The monoisotopic (exact) mass is 568 g/mol. The molecular formula is C30H34F2N4O3S. The quantitative estimate of drug-likeness (QED) is 0.373. The van der Waals surface area contributed by atoms with Crippen molar-refractivity contribution < 1.29 is 23.5 Å². The molecule has 212 valence electrons. The van der Waals surface area contributed by atoms with Crippen molar-refractivity contribution in [3.63, 3.8) is 0 Å². The molecule has 2 amide bonds. The van der Waals surface area contributed by atoms with Crippen molar-refractivity contribution in [2.45, 2.75) is 70.2 Å². The molecule has 1 aromatic heterocycles. The summed E-state index contributed by atoms with van der Waals surface area (Å²) in [6.07, 6.45) is 2.40. The summed E-state index contributed by atoms with van der Waals surface area (Å²) in [6.45, 7) is 5.12. The van der Waals surface area contributed by atoms with Crippen molar-refractivity contribution in [2.75, 3.05) is 13.1 Å². The van der Waals surface area contributed by atoms with E-state index in [4.69, 9.17) is 0 Å². The minimum absolute atomic E-state index is 0.0417. The van der Waals surface area contributed by atoms with Crippen LogP contribution in [0.5, 0.6) is 0 Å². The highest BCUT2D eigenvalue weighted by atomic mass is 32.1. The number of aryl methyl sites for hydroxylation is 2. The summed E-state index contributed by atoms with van der Waals surface area (Å²) in [5, 5.41) is 20.2. The Labute approximate surface area is 236 Å². The zero-order valence-electron chi connectivity index (χ0n) is 22.6. The maximum atomic E-state index is 13.9. The van der Waals surface area contributed by atoms with Gasteiger partial charge in [-0.15, -0.1) is 11.3 Å². The van der Waals surface area contributed by atoms with Crippen LogP contribution < -0.4 is 10.6 Å². The number of hydrogen-bond donors (Lipinski definition) is 3. The number of halogens is 2. The molecule has 0 bridgehead atoms. The molecular weight excluding hydrogens is 534 g/mol. The van der Waals surface area contributed by atoms with Gasteiger partial charge in [-0.05, 0) is 94.0 Å². The standard InChI is InChI=1S/C30H34F2N4O3S/c1-17-9-20(14-21(10-17)30(39)36-8-4-6-26(36)29-34-18(2)16-40-29)28(38)35-25(27(37)24-5-3-7-33-24)13-19-11-22(31)15-23(32)12-19/h9-12,14-16,24-27,33,37H,3-8,13H2,1-2H3,(H,35,38)/t24?,25-,26?,27+/m0/s1. The number of hydrogen-bond acceptors (Lipinski definition) is 6. The number of nitrogens with zero attached hydrogens (tertiary/aromatic N) is 2. The van der Waals surface area contributed by atoms with Gasteiger partial charge in [-0.2, -0.15) is 0 Å². The van der Waals surface area contributed by atoms with Crippen LogP contribution in [0.25, 0.3) is 0 Å². The maximum absolute atomic E-state index is 13.9. The number of rotatable bonds is 8. The van der Waals surface area contributed by atoms with Gasteiger partial charge >= 0.3 is 0 Å². The lowest BCUT2D eigenvalue weighted by molar-refractivity contribution is 0.0733. The van der Waals surface area contributed by atoms with Crippen LogP contribution in [-0.4, -0.2) is 58.1 Å². The van der Waals surface area contributed by atoms with Crippen LogP contribution in [-0.2, 0) is 6.42 Å². The van der Waals surface area contributed by atoms with Crippen molar-refractivity contribution >= 4 is 23.2 Å². The second kappa shape index (κ2) is 12.1. The molecule has 3 heterocycles. The van der Waals surface area contributed by atoms with Crippen LogP contribution >= 0.6 is 11.3 Å². The van der Waals surface area contributed by atoms with Gasteiger partial charge in [0.1, 0.15) is 16.6 Å². The Bertz CT molecular complexity index is 1370. The first-order valence-corrected chi connectivity index (χ1v) is 14.6. The summed E-state index contributed by atoms with van der Waals surface area (Å²) in [6, 6.07) is 7.09. The van der Waals surface area contributed by atoms with Crippen LogP contribution in [0, 0.1) is 25.5 Å². The average molecular weight is 569 g/mol. The Morgan fingerprint density at radius 3 is 2.52 bits per heavy atom. The van der Waals surface area contributed by atoms with Crippen LogP contribution in [0.15, 0.2) is 41.8 Å². The van der Waals surface area contributed by atoms with E-state index in [1.54, 1.807) is 29.5 Å². The van der Waals surface area contributed by atoms with Gasteiger partial charge in [0.25, 0.3) is 11.8 Å². The molecule has 0 spiro atoms. The predicted molar refractivity (Wildman–Crippen MR) is 149 cm³/mol. The van der Waals surface area contributed by atoms with Crippen LogP contribution in [0.2, 0.25) is 0 Å². The number of amides is 2. The number of carbonyl (C=O) groups is 2. The van der Waals surface area contributed by atoms with Gasteiger partial charge in [0.15, 0.2) is 0 Å². The highest BCUT2D eigenvalue weighted by molar-refractivity contribution is 7.09. The summed E-state index contributed by atoms with van der Waals surface area (Å²) in [5.74, 6) is -2.06. The van der Waals surface area contributed by atoms with E-state index in [9.17, 15) is 23.5 Å². The second-order valence-electron chi connectivity index (χ2n) is 10.8. The number of carbonyl (C=O) groups excluding carboxylic acids is 2. The third kappa shape index (κ3) is 6.40. The first-order valence-electron chi connectivity index (χ1n) is 13.7. The van der Waals surface area contributed by atoms with Gasteiger partial charge in [-0.25, -0.2) is 13.8 Å². The average Bonchev–Trinajstić information content (AvgIpc) is 3.68. The smallest absolute Gasteiger partial charge is 0.254 e. The van der Waals surface area contributed by atoms with E-state index in [-0.39, 0.29) is 30.0 Å². The summed E-state index contributed by atoms with van der Waals surface area (Å²) in [5.41, 5.74) is 2.70. The van der Waals surface area contributed by atoms with Gasteiger partial charge in [-0.1, -0.05) is 0 Å². The third-order valence-corrected chi connectivity index (χ3v) is 8.70. The maximum Gasteiger partial charge on any atom is 0.254 e. The van der Waals surface area contributed by atoms with Crippen LogP contribution in [0.3, 0.4) is 0 Å². The molecule has 0 radical (unpaired) electrons. The summed E-state index contributed by atoms with van der Waals surface area (Å²) in [4.78, 5) is 33.6. The Balaban J connectivity index is 1.37. The van der Waals surface area contributed by atoms with E-state index >= 15 is 0 Å². The highest BCUT2D eigenvalue weighted by Gasteiger charge is 2.34. The number of nitrogens with one attached hydrogen (secondary N) is 2. The fourth-order valence-corrected chi connectivity index (χ4v) is 6.71. The fourth-order valence-electron chi connectivity index (χ4n) is 5.77. The van der Waals surface area contributed by atoms with E-state index in [1.165, 1.54) is 12.1 Å². The van der Waals surface area contributed by atoms with E-state index in [1.807, 2.05) is 24.1 Å². The number of aliphatic hydroxyl groups excluding tert-OH is 1. The Morgan fingerprint density at radius 2 is 1.85 bits per heavy atom. The van der Waals surface area contributed by atoms with E-state index in [0.29, 0.717) is 17.7 Å². The molecule has 3 N–H and O–H groups in total. The molecule has 7 nitrogen and oxygen atoms in total. The predicted octanol–water partition coefficient (Wildman–Crippen LogP) is 4.47. The molecule has 2 aromatic carbocycles. The lowest BCUT2D eigenvalue weighted by atomic mass is 9.94. The largest absolute Gasteiger partial charge is 0.389 e. The Morgan fingerprint density at radius 1 is 1.10 bits per heavy atom. The lowest BCUT2D eigenvalue weighted by Gasteiger charge is -2.29. The normalized spacial score (nSPS) is 20.5. The first kappa shape index (κ1) is 28.3. The number of thiazole rings is 1. The molecule has 3 aromatic rings. The van der Waals surface area contributed by atoms with Gasteiger partial charge in [0, 0.05) is 40.9 Å². The van der Waals surface area contributed by atoms with Crippen LogP contribution in [0.4, 0.5) is 8.78 Å². The van der Waals surface area contributed by atoms with Gasteiger partial charge < -0.3 is 20.6 Å². The van der Waals surface area contributed by atoms with Crippen LogP contribution in [0.1, 0.15) is 74.3 Å². The molecule has 4 atom stereocenters. The topological polar surface area (TPSA) is 94.6 Å². The first-order chi connectivity index (χ1) is 19.2. The molecule has 5 rings (SSSR count). The minimum Gasteiger partial charge on any atom is -0.389 e. The van der Waals surface area contributed by atoms with Gasteiger partial charge in [-0.3, -0.25) is 9.59 Å². The highest BCUT2D eigenvalue weighted by Crippen LogP contribution is 2.35. The minimum atomic E-state index is -0.976. The zero-order chi connectivity index (χ0) is 28.4. The van der Waals surface area contributed by atoms with Crippen molar-refractivity contribution in [3.8, 4) is 0 Å². The summed E-state index contributed by atoms with van der Waals surface area (Å²) in [7, 11) is 0. The van der Waals surface area contributed by atoms with Crippen molar-refractivity contribution in [1.29, 1.82) is 0 Å². The number of benzene rings is 2. The van der Waals surface area contributed by atoms with E-state index in [2.05, 4.69) is 15.6 Å². The summed E-state index contributed by atoms with van der Waals surface area (Å²) >= 11 is 1.55. The molecule has 0 saturated carbocycles. The molecule has 2 fully saturated rings. The zero-order valence-corrected chi connectivity index (χ0v) is 23.4. The lowest BCUT2D eigenvalue weighted by Crippen LogP contribution is -2.52. The molecule has 10 heteroatoms.